The van der Waals surface area contributed by atoms with E-state index in [0.29, 0.717) is 5.69 Å². The topological polar surface area (TPSA) is 58.6 Å². The van der Waals surface area contributed by atoms with Gasteiger partial charge in [-0.15, -0.1) is 13.2 Å². The van der Waals surface area contributed by atoms with Gasteiger partial charge >= 0.3 is 6.36 Å². The van der Waals surface area contributed by atoms with Gasteiger partial charge in [0.15, 0.2) is 0 Å². The fourth-order valence-corrected chi connectivity index (χ4v) is 2.58. The largest absolute Gasteiger partial charge is 0.573 e. The summed E-state index contributed by atoms with van der Waals surface area (Å²) in [6, 6.07) is 9.15. The first-order chi connectivity index (χ1) is 12.2. The normalized spacial score (nSPS) is 17.5. The molecule has 1 N–H and O–H groups in total. The molecule has 1 saturated heterocycles. The lowest BCUT2D eigenvalue weighted by atomic mass is 10.2. The van der Waals surface area contributed by atoms with Crippen LogP contribution in [0, 0.1) is 5.82 Å². The van der Waals surface area contributed by atoms with E-state index in [-0.39, 0.29) is 12.1 Å². The number of carbonyl (C=O) groups excluding carboxylic acids is 2. The number of carbonyl (C=O) groups is 2. The van der Waals surface area contributed by atoms with E-state index in [9.17, 15) is 27.2 Å². The SMILES string of the molecule is O=C1C[C@@H](Nc2ccc(OC(F)(F)F)cc2)C(=O)N1c1ccccc1F. The number of benzene rings is 2. The van der Waals surface area contributed by atoms with Crippen LogP contribution in [0.3, 0.4) is 0 Å². The van der Waals surface area contributed by atoms with E-state index in [4.69, 9.17) is 0 Å². The van der Waals surface area contributed by atoms with Crippen LogP contribution in [0.5, 0.6) is 5.75 Å². The summed E-state index contributed by atoms with van der Waals surface area (Å²) < 4.78 is 54.0. The van der Waals surface area contributed by atoms with Crippen molar-refractivity contribution >= 4 is 23.2 Å². The lowest BCUT2D eigenvalue weighted by Crippen LogP contribution is -2.35. The first kappa shape index (κ1) is 17.7. The molecule has 26 heavy (non-hydrogen) atoms. The van der Waals surface area contributed by atoms with Gasteiger partial charge in [0.2, 0.25) is 5.91 Å². The van der Waals surface area contributed by atoms with Crippen molar-refractivity contribution in [1.29, 1.82) is 0 Å². The Morgan fingerprint density at radius 2 is 1.69 bits per heavy atom. The van der Waals surface area contributed by atoms with Crippen molar-refractivity contribution in [2.75, 3.05) is 10.2 Å². The second-order valence-electron chi connectivity index (χ2n) is 5.49. The van der Waals surface area contributed by atoms with Crippen molar-refractivity contribution in [3.63, 3.8) is 0 Å². The van der Waals surface area contributed by atoms with Gasteiger partial charge in [-0.05, 0) is 36.4 Å². The molecule has 2 amide bonds. The minimum Gasteiger partial charge on any atom is -0.406 e. The van der Waals surface area contributed by atoms with Crippen molar-refractivity contribution in [2.24, 2.45) is 0 Å². The highest BCUT2D eigenvalue weighted by atomic mass is 19.4. The van der Waals surface area contributed by atoms with Gasteiger partial charge in [-0.3, -0.25) is 9.59 Å². The lowest BCUT2D eigenvalue weighted by molar-refractivity contribution is -0.274. The molecule has 2 aromatic rings. The fraction of sp³-hybridized carbons (Fsp3) is 0.176. The van der Waals surface area contributed by atoms with Crippen LogP contribution in [0.2, 0.25) is 0 Å². The standard InChI is InChI=1S/C17H12F4N2O3/c18-12-3-1-2-4-14(12)23-15(24)9-13(16(23)25)22-10-5-7-11(8-6-10)26-17(19,20)21/h1-8,13,22H,9H2/t13-/m1/s1. The molecule has 1 atom stereocenters. The molecule has 0 saturated carbocycles. The molecule has 0 radical (unpaired) electrons. The Hall–Kier alpha value is -3.10. The Kier molecular flexibility index (Phi) is 4.54. The Morgan fingerprint density at radius 1 is 1.04 bits per heavy atom. The zero-order valence-electron chi connectivity index (χ0n) is 13.1. The molecule has 0 unspecified atom stereocenters. The summed E-state index contributed by atoms with van der Waals surface area (Å²) in [5.74, 6) is -2.33. The monoisotopic (exact) mass is 368 g/mol. The fourth-order valence-electron chi connectivity index (χ4n) is 2.58. The molecule has 1 aliphatic rings. The molecule has 0 spiro atoms. The van der Waals surface area contributed by atoms with Crippen LogP contribution in [-0.2, 0) is 9.59 Å². The van der Waals surface area contributed by atoms with E-state index >= 15 is 0 Å². The predicted molar refractivity (Wildman–Crippen MR) is 84.0 cm³/mol. The number of nitrogens with one attached hydrogen (secondary N) is 1. The summed E-state index contributed by atoms with van der Waals surface area (Å²) in [5, 5.41) is 2.76. The minimum atomic E-state index is -4.80. The molecule has 0 bridgehead atoms. The maximum atomic E-state index is 13.8. The summed E-state index contributed by atoms with van der Waals surface area (Å²) in [5.41, 5.74) is 0.182. The molecule has 0 aromatic heterocycles. The second kappa shape index (κ2) is 6.66. The van der Waals surface area contributed by atoms with Gasteiger partial charge in [-0.2, -0.15) is 0 Å². The Bertz CT molecular complexity index is 837. The highest BCUT2D eigenvalue weighted by Crippen LogP contribution is 2.28. The molecular formula is C17H12F4N2O3. The highest BCUT2D eigenvalue weighted by Gasteiger charge is 2.40. The molecule has 1 aliphatic heterocycles. The third kappa shape index (κ3) is 3.76. The number of para-hydroxylation sites is 1. The minimum absolute atomic E-state index is 0.138. The third-order valence-corrected chi connectivity index (χ3v) is 3.67. The Balaban J connectivity index is 1.72. The predicted octanol–water partition coefficient (Wildman–Crippen LogP) is 3.47. The molecule has 2 aromatic carbocycles. The van der Waals surface area contributed by atoms with Crippen LogP contribution in [0.4, 0.5) is 28.9 Å². The molecule has 1 fully saturated rings. The highest BCUT2D eigenvalue weighted by molar-refractivity contribution is 6.23. The van der Waals surface area contributed by atoms with Gasteiger partial charge in [0.1, 0.15) is 17.6 Å². The van der Waals surface area contributed by atoms with Crippen LogP contribution >= 0.6 is 0 Å². The molecular weight excluding hydrogens is 356 g/mol. The summed E-state index contributed by atoms with van der Waals surface area (Å²) in [6.07, 6.45) is -5.00. The van der Waals surface area contributed by atoms with Gasteiger partial charge in [-0.1, -0.05) is 12.1 Å². The number of imide groups is 1. The number of rotatable bonds is 4. The molecule has 3 rings (SSSR count). The third-order valence-electron chi connectivity index (χ3n) is 3.67. The maximum absolute atomic E-state index is 13.8. The average molecular weight is 368 g/mol. The van der Waals surface area contributed by atoms with Crippen molar-refractivity contribution in [2.45, 2.75) is 18.8 Å². The zero-order valence-corrected chi connectivity index (χ0v) is 13.1. The second-order valence-corrected chi connectivity index (χ2v) is 5.49. The number of hydrogen-bond acceptors (Lipinski definition) is 4. The van der Waals surface area contributed by atoms with Crippen molar-refractivity contribution in [3.8, 4) is 5.75 Å². The summed E-state index contributed by atoms with van der Waals surface area (Å²) >= 11 is 0. The van der Waals surface area contributed by atoms with Crippen LogP contribution in [0.25, 0.3) is 0 Å². The summed E-state index contributed by atoms with van der Waals surface area (Å²) in [7, 11) is 0. The molecule has 9 heteroatoms. The summed E-state index contributed by atoms with van der Waals surface area (Å²) in [6.45, 7) is 0. The first-order valence-corrected chi connectivity index (χ1v) is 7.48. The number of alkyl halides is 3. The lowest BCUT2D eigenvalue weighted by Gasteiger charge is -2.17. The van der Waals surface area contributed by atoms with E-state index in [1.807, 2.05) is 0 Å². The van der Waals surface area contributed by atoms with E-state index in [2.05, 4.69) is 10.1 Å². The van der Waals surface area contributed by atoms with Crippen molar-refractivity contribution in [3.05, 3.63) is 54.3 Å². The number of ether oxygens (including phenoxy) is 1. The average Bonchev–Trinajstić information content (AvgIpc) is 2.83. The van der Waals surface area contributed by atoms with E-state index in [1.165, 1.54) is 30.3 Å². The van der Waals surface area contributed by atoms with E-state index < -0.39 is 35.8 Å². The first-order valence-electron chi connectivity index (χ1n) is 7.48. The van der Waals surface area contributed by atoms with Gasteiger partial charge < -0.3 is 10.1 Å². The number of anilines is 2. The number of amides is 2. The quantitative estimate of drug-likeness (QED) is 0.663. The molecule has 5 nitrogen and oxygen atoms in total. The zero-order chi connectivity index (χ0) is 18.9. The van der Waals surface area contributed by atoms with Crippen LogP contribution in [0.1, 0.15) is 6.42 Å². The van der Waals surface area contributed by atoms with Crippen LogP contribution in [-0.4, -0.2) is 24.2 Å². The van der Waals surface area contributed by atoms with Gasteiger partial charge in [-0.25, -0.2) is 9.29 Å². The smallest absolute Gasteiger partial charge is 0.406 e. The van der Waals surface area contributed by atoms with Gasteiger partial charge in [0.05, 0.1) is 12.1 Å². The number of hydrogen-bond donors (Lipinski definition) is 1. The molecule has 0 aliphatic carbocycles. The van der Waals surface area contributed by atoms with Crippen molar-refractivity contribution in [1.82, 2.24) is 0 Å². The summed E-state index contributed by atoms with van der Waals surface area (Å²) in [4.78, 5) is 25.3. The number of nitrogens with zero attached hydrogens (tertiary/aromatic N) is 1. The van der Waals surface area contributed by atoms with Crippen molar-refractivity contribution < 1.29 is 31.9 Å². The van der Waals surface area contributed by atoms with Crippen LogP contribution in [0.15, 0.2) is 48.5 Å². The van der Waals surface area contributed by atoms with E-state index in [1.54, 1.807) is 0 Å². The van der Waals surface area contributed by atoms with E-state index in [0.717, 1.165) is 23.1 Å². The Labute approximate surface area is 145 Å². The maximum Gasteiger partial charge on any atom is 0.573 e. The van der Waals surface area contributed by atoms with Gasteiger partial charge in [0.25, 0.3) is 5.91 Å². The number of halogens is 4. The molecule has 1 heterocycles. The van der Waals surface area contributed by atoms with Crippen LogP contribution < -0.4 is 15.0 Å². The Morgan fingerprint density at radius 3 is 2.31 bits per heavy atom. The van der Waals surface area contributed by atoms with Gasteiger partial charge in [0, 0.05) is 5.69 Å². The molecule has 136 valence electrons.